The molecule has 2 aromatic rings. The lowest BCUT2D eigenvalue weighted by Gasteiger charge is -2.32. The average Bonchev–Trinajstić information content (AvgIpc) is 2.72. The number of benzene rings is 2. The van der Waals surface area contributed by atoms with Crippen LogP contribution in [0.2, 0.25) is 5.02 Å². The number of nitrogens with one attached hydrogen (secondary N) is 1. The largest absolute Gasteiger partial charge is 0.355 e. The molecular weight excluding hydrogens is 457 g/mol. The van der Waals surface area contributed by atoms with Gasteiger partial charge in [-0.2, -0.15) is 0 Å². The summed E-state index contributed by atoms with van der Waals surface area (Å²) in [6.45, 7) is 4.88. The Morgan fingerprint density at radius 3 is 2.34 bits per heavy atom. The number of sulfonamides is 1. The van der Waals surface area contributed by atoms with Crippen molar-refractivity contribution in [3.63, 3.8) is 0 Å². The predicted molar refractivity (Wildman–Crippen MR) is 123 cm³/mol. The summed E-state index contributed by atoms with van der Waals surface area (Å²) < 4.78 is 39.4. The summed E-state index contributed by atoms with van der Waals surface area (Å²) in [5, 5.41) is 2.99. The van der Waals surface area contributed by atoms with Gasteiger partial charge in [0.2, 0.25) is 21.8 Å². The van der Waals surface area contributed by atoms with Gasteiger partial charge >= 0.3 is 0 Å². The fourth-order valence-electron chi connectivity index (χ4n) is 3.14. The van der Waals surface area contributed by atoms with E-state index in [4.69, 9.17) is 11.6 Å². The molecule has 0 heterocycles. The van der Waals surface area contributed by atoms with Crippen molar-refractivity contribution >= 4 is 39.1 Å². The van der Waals surface area contributed by atoms with Gasteiger partial charge in [-0.15, -0.1) is 0 Å². The molecule has 10 heteroatoms. The third-order valence-electron chi connectivity index (χ3n) is 4.90. The van der Waals surface area contributed by atoms with Gasteiger partial charge in [0.05, 0.1) is 11.9 Å². The Balaban J connectivity index is 2.42. The van der Waals surface area contributed by atoms with Crippen molar-refractivity contribution in [3.05, 3.63) is 64.4 Å². The number of likely N-dealkylation sites (N-methyl/N-ethyl adjacent to an activating group) is 1. The van der Waals surface area contributed by atoms with Crippen LogP contribution in [0.1, 0.15) is 25.0 Å². The Morgan fingerprint density at radius 2 is 1.78 bits per heavy atom. The van der Waals surface area contributed by atoms with E-state index in [2.05, 4.69) is 5.32 Å². The molecule has 2 amide bonds. The number of hydrogen-bond donors (Lipinski definition) is 1. The molecule has 0 aliphatic heterocycles. The first-order valence-electron chi connectivity index (χ1n) is 9.99. The van der Waals surface area contributed by atoms with Crippen LogP contribution in [0.15, 0.2) is 42.5 Å². The maximum atomic E-state index is 13.3. The number of rotatable bonds is 9. The summed E-state index contributed by atoms with van der Waals surface area (Å²) in [5.74, 6) is -1.39. The van der Waals surface area contributed by atoms with E-state index in [1.807, 2.05) is 0 Å². The van der Waals surface area contributed by atoms with Gasteiger partial charge in [-0.25, -0.2) is 12.8 Å². The third-order valence-corrected chi connectivity index (χ3v) is 6.27. The topological polar surface area (TPSA) is 86.8 Å². The first-order valence-corrected chi connectivity index (χ1v) is 12.2. The highest BCUT2D eigenvalue weighted by Gasteiger charge is 2.30. The maximum absolute atomic E-state index is 13.3. The van der Waals surface area contributed by atoms with Crippen LogP contribution in [-0.4, -0.2) is 50.5 Å². The molecule has 7 nitrogen and oxygen atoms in total. The number of aryl methyl sites for hydroxylation is 1. The molecule has 0 unspecified atom stereocenters. The Morgan fingerprint density at radius 1 is 1.16 bits per heavy atom. The second-order valence-corrected chi connectivity index (χ2v) is 9.76. The molecule has 0 aliphatic carbocycles. The predicted octanol–water partition coefficient (Wildman–Crippen LogP) is 3.11. The molecule has 0 bridgehead atoms. The maximum Gasteiger partial charge on any atom is 0.244 e. The molecule has 0 radical (unpaired) electrons. The van der Waals surface area contributed by atoms with Crippen LogP contribution in [0, 0.1) is 12.7 Å². The lowest BCUT2D eigenvalue weighted by atomic mass is 10.1. The molecule has 2 aromatic carbocycles. The first-order chi connectivity index (χ1) is 14.9. The van der Waals surface area contributed by atoms with Gasteiger partial charge in [0, 0.05) is 18.1 Å². The smallest absolute Gasteiger partial charge is 0.244 e. The fraction of sp³-hybridized carbons (Fsp3) is 0.364. The highest BCUT2D eigenvalue weighted by atomic mass is 35.5. The van der Waals surface area contributed by atoms with E-state index in [1.54, 1.807) is 32.9 Å². The highest BCUT2D eigenvalue weighted by molar-refractivity contribution is 7.92. The molecule has 1 N–H and O–H groups in total. The zero-order valence-corrected chi connectivity index (χ0v) is 20.0. The summed E-state index contributed by atoms with van der Waals surface area (Å²) >= 11 is 6.06. The van der Waals surface area contributed by atoms with Crippen molar-refractivity contribution in [3.8, 4) is 0 Å². The fourth-order valence-corrected chi connectivity index (χ4v) is 4.20. The molecule has 174 valence electrons. The lowest BCUT2D eigenvalue weighted by molar-refractivity contribution is -0.139. The number of nitrogens with zero attached hydrogens (tertiary/aromatic N) is 2. The van der Waals surface area contributed by atoms with Crippen LogP contribution < -0.4 is 9.62 Å². The minimum absolute atomic E-state index is 0.00352. The van der Waals surface area contributed by atoms with Gasteiger partial charge in [0.15, 0.2) is 0 Å². The minimum atomic E-state index is -3.84. The van der Waals surface area contributed by atoms with Gasteiger partial charge in [-0.1, -0.05) is 29.8 Å². The number of hydrogen-bond acceptors (Lipinski definition) is 4. The standard InChI is InChI=1S/C22H27ClFN3O4S/c1-5-25-22(29)16(3)26(13-17-7-10-19(24)11-8-17)21(28)14-27(32(4,30)31)20-12-18(23)9-6-15(20)2/h6-12,16H,5,13-14H2,1-4H3,(H,25,29)/t16-/m0/s1. The van der Waals surface area contributed by atoms with Crippen LogP contribution in [0.4, 0.5) is 10.1 Å². The molecule has 0 saturated carbocycles. The quantitative estimate of drug-likeness (QED) is 0.593. The van der Waals surface area contributed by atoms with Crippen molar-refractivity contribution in [2.45, 2.75) is 33.4 Å². The van der Waals surface area contributed by atoms with Crippen molar-refractivity contribution in [2.75, 3.05) is 23.7 Å². The second-order valence-electron chi connectivity index (χ2n) is 7.42. The van der Waals surface area contributed by atoms with Crippen molar-refractivity contribution < 1.29 is 22.4 Å². The second kappa shape index (κ2) is 10.8. The summed E-state index contributed by atoms with van der Waals surface area (Å²) in [4.78, 5) is 27.1. The molecule has 1 atom stereocenters. The Labute approximate surface area is 193 Å². The van der Waals surface area contributed by atoms with Gasteiger partial charge in [-0.3, -0.25) is 13.9 Å². The van der Waals surface area contributed by atoms with Crippen LogP contribution in [0.5, 0.6) is 0 Å². The summed E-state index contributed by atoms with van der Waals surface area (Å²) in [5.41, 5.74) is 1.50. The van der Waals surface area contributed by atoms with Crippen LogP contribution in [-0.2, 0) is 26.2 Å². The van der Waals surface area contributed by atoms with Crippen molar-refractivity contribution in [2.24, 2.45) is 0 Å². The zero-order valence-electron chi connectivity index (χ0n) is 18.4. The highest BCUT2D eigenvalue weighted by Crippen LogP contribution is 2.26. The van der Waals surface area contributed by atoms with Crippen molar-refractivity contribution in [1.29, 1.82) is 0 Å². The molecular formula is C22H27ClFN3O4S. The average molecular weight is 484 g/mol. The van der Waals surface area contributed by atoms with Gasteiger partial charge in [0.1, 0.15) is 18.4 Å². The first kappa shape index (κ1) is 25.6. The molecule has 0 spiro atoms. The molecule has 0 fully saturated rings. The number of carbonyl (C=O) groups excluding carboxylic acids is 2. The number of carbonyl (C=O) groups is 2. The molecule has 0 saturated heterocycles. The van der Waals surface area contributed by atoms with E-state index in [0.717, 1.165) is 10.6 Å². The van der Waals surface area contributed by atoms with E-state index in [0.29, 0.717) is 22.7 Å². The van der Waals surface area contributed by atoms with E-state index >= 15 is 0 Å². The normalized spacial score (nSPS) is 12.2. The summed E-state index contributed by atoms with van der Waals surface area (Å²) in [6, 6.07) is 9.41. The third kappa shape index (κ3) is 6.67. The Hall–Kier alpha value is -2.65. The van der Waals surface area contributed by atoms with Crippen LogP contribution in [0.25, 0.3) is 0 Å². The van der Waals surface area contributed by atoms with Gasteiger partial charge < -0.3 is 10.2 Å². The van der Waals surface area contributed by atoms with Crippen LogP contribution >= 0.6 is 11.6 Å². The summed E-state index contributed by atoms with van der Waals surface area (Å²) in [6.07, 6.45) is 0.998. The zero-order chi connectivity index (χ0) is 24.1. The van der Waals surface area contributed by atoms with E-state index in [1.165, 1.54) is 35.2 Å². The van der Waals surface area contributed by atoms with E-state index in [9.17, 15) is 22.4 Å². The molecule has 0 aromatic heterocycles. The van der Waals surface area contributed by atoms with Crippen molar-refractivity contribution in [1.82, 2.24) is 10.2 Å². The van der Waals surface area contributed by atoms with Crippen LogP contribution in [0.3, 0.4) is 0 Å². The number of halogens is 2. The SMILES string of the molecule is CCNC(=O)[C@H](C)N(Cc1ccc(F)cc1)C(=O)CN(c1cc(Cl)ccc1C)S(C)(=O)=O. The summed E-state index contributed by atoms with van der Waals surface area (Å²) in [7, 11) is -3.84. The lowest BCUT2D eigenvalue weighted by Crippen LogP contribution is -2.51. The molecule has 0 aliphatic rings. The van der Waals surface area contributed by atoms with Gasteiger partial charge in [-0.05, 0) is 56.2 Å². The Kier molecular flexibility index (Phi) is 8.63. The van der Waals surface area contributed by atoms with Gasteiger partial charge in [0.25, 0.3) is 0 Å². The Bertz CT molecular complexity index is 1080. The monoisotopic (exact) mass is 483 g/mol. The van der Waals surface area contributed by atoms with E-state index in [-0.39, 0.29) is 18.1 Å². The number of amides is 2. The molecule has 32 heavy (non-hydrogen) atoms. The minimum Gasteiger partial charge on any atom is -0.355 e. The molecule has 2 rings (SSSR count). The number of anilines is 1. The van der Waals surface area contributed by atoms with E-state index < -0.39 is 34.3 Å².